The van der Waals surface area contributed by atoms with E-state index in [1.54, 1.807) is 23.5 Å². The summed E-state index contributed by atoms with van der Waals surface area (Å²) in [5.74, 6) is 2.65. The third-order valence-electron chi connectivity index (χ3n) is 6.48. The first-order valence-electron chi connectivity index (χ1n) is 8.93. The SMILES string of the molecule is O=[N+]([O-])c1cc(-c2nc(C34CC5CC(CC(C5)C3)C4)cs2)ccc1Cl. The molecule has 0 amide bonds. The molecule has 1 heterocycles. The molecule has 4 bridgehead atoms. The van der Waals surface area contributed by atoms with E-state index in [1.807, 2.05) is 6.07 Å². The second-order valence-electron chi connectivity index (χ2n) is 8.16. The highest BCUT2D eigenvalue weighted by atomic mass is 35.5. The van der Waals surface area contributed by atoms with Crippen LogP contribution in [-0.2, 0) is 5.41 Å². The van der Waals surface area contributed by atoms with E-state index < -0.39 is 4.92 Å². The van der Waals surface area contributed by atoms with Gasteiger partial charge in [0, 0.05) is 22.4 Å². The zero-order chi connectivity index (χ0) is 17.2. The zero-order valence-corrected chi connectivity index (χ0v) is 15.4. The van der Waals surface area contributed by atoms with Gasteiger partial charge in [-0.25, -0.2) is 4.98 Å². The molecule has 4 aliphatic rings. The first kappa shape index (κ1) is 15.8. The van der Waals surface area contributed by atoms with Gasteiger partial charge in [0.05, 0.1) is 10.6 Å². The highest BCUT2D eigenvalue weighted by molar-refractivity contribution is 7.13. The van der Waals surface area contributed by atoms with E-state index in [4.69, 9.17) is 16.6 Å². The predicted octanol–water partition coefficient (Wildman–Crippen LogP) is 5.84. The number of thiazole rings is 1. The molecule has 25 heavy (non-hydrogen) atoms. The Morgan fingerprint density at radius 2 is 1.80 bits per heavy atom. The zero-order valence-electron chi connectivity index (χ0n) is 13.8. The van der Waals surface area contributed by atoms with Crippen molar-refractivity contribution in [1.82, 2.24) is 4.98 Å². The first-order chi connectivity index (χ1) is 12.0. The Bertz CT molecular complexity index is 828. The lowest BCUT2D eigenvalue weighted by molar-refractivity contribution is -0.384. The number of halogens is 1. The van der Waals surface area contributed by atoms with E-state index in [0.717, 1.165) is 28.3 Å². The smallest absolute Gasteiger partial charge is 0.258 e. The van der Waals surface area contributed by atoms with Gasteiger partial charge < -0.3 is 0 Å². The molecule has 4 fully saturated rings. The van der Waals surface area contributed by atoms with E-state index in [9.17, 15) is 10.1 Å². The number of nitrogens with zero attached hydrogens (tertiary/aromatic N) is 2. The summed E-state index contributed by atoms with van der Waals surface area (Å²) in [6.45, 7) is 0. The van der Waals surface area contributed by atoms with Crippen molar-refractivity contribution in [3.63, 3.8) is 0 Å². The van der Waals surface area contributed by atoms with Gasteiger partial charge in [-0.05, 0) is 68.4 Å². The van der Waals surface area contributed by atoms with E-state index >= 15 is 0 Å². The number of nitro benzene ring substituents is 1. The molecule has 0 spiro atoms. The number of aromatic nitrogens is 1. The number of hydrogen-bond acceptors (Lipinski definition) is 4. The van der Waals surface area contributed by atoms with E-state index in [-0.39, 0.29) is 16.1 Å². The van der Waals surface area contributed by atoms with Crippen LogP contribution in [0, 0.1) is 27.9 Å². The topological polar surface area (TPSA) is 56.0 Å². The molecule has 6 rings (SSSR count). The molecule has 0 aliphatic heterocycles. The van der Waals surface area contributed by atoms with Crippen LogP contribution < -0.4 is 0 Å². The summed E-state index contributed by atoms with van der Waals surface area (Å²) in [5, 5.41) is 14.4. The summed E-state index contributed by atoms with van der Waals surface area (Å²) in [6, 6.07) is 4.98. The van der Waals surface area contributed by atoms with E-state index in [2.05, 4.69) is 5.38 Å². The van der Waals surface area contributed by atoms with Crippen LogP contribution in [0.2, 0.25) is 5.02 Å². The molecule has 6 heteroatoms. The number of rotatable bonds is 3. The third-order valence-corrected chi connectivity index (χ3v) is 7.69. The molecule has 4 aliphatic carbocycles. The van der Waals surface area contributed by atoms with Gasteiger partial charge >= 0.3 is 0 Å². The van der Waals surface area contributed by atoms with Gasteiger partial charge in [0.1, 0.15) is 10.0 Å². The fraction of sp³-hybridized carbons (Fsp3) is 0.526. The van der Waals surface area contributed by atoms with Gasteiger partial charge in [0.15, 0.2) is 0 Å². The lowest BCUT2D eigenvalue weighted by atomic mass is 9.49. The maximum Gasteiger partial charge on any atom is 0.288 e. The number of benzene rings is 1. The van der Waals surface area contributed by atoms with E-state index in [0.29, 0.717) is 0 Å². The second kappa shape index (κ2) is 5.52. The van der Waals surface area contributed by atoms with Crippen LogP contribution in [0.15, 0.2) is 23.6 Å². The summed E-state index contributed by atoms with van der Waals surface area (Å²) >= 11 is 7.54. The van der Waals surface area contributed by atoms with Crippen LogP contribution in [0.4, 0.5) is 5.69 Å². The molecular weight excluding hydrogens is 356 g/mol. The summed E-state index contributed by atoms with van der Waals surface area (Å²) in [7, 11) is 0. The fourth-order valence-corrected chi connectivity index (χ4v) is 6.99. The van der Waals surface area contributed by atoms with Gasteiger partial charge in [-0.3, -0.25) is 10.1 Å². The molecule has 4 nitrogen and oxygen atoms in total. The van der Waals surface area contributed by atoms with Gasteiger partial charge in [-0.15, -0.1) is 11.3 Å². The van der Waals surface area contributed by atoms with Crippen molar-refractivity contribution >= 4 is 28.6 Å². The minimum absolute atomic E-state index is 0.0503. The van der Waals surface area contributed by atoms with Crippen molar-refractivity contribution in [2.75, 3.05) is 0 Å². The monoisotopic (exact) mass is 374 g/mol. The Kier molecular flexibility index (Phi) is 3.48. The summed E-state index contributed by atoms with van der Waals surface area (Å²) < 4.78 is 0. The van der Waals surface area contributed by atoms with Crippen molar-refractivity contribution in [3.05, 3.63) is 44.4 Å². The van der Waals surface area contributed by atoms with Crippen LogP contribution in [-0.4, -0.2) is 9.91 Å². The van der Waals surface area contributed by atoms with E-state index in [1.165, 1.54) is 44.2 Å². The normalized spacial score (nSPS) is 32.9. The molecule has 0 radical (unpaired) electrons. The Labute approximate surface area is 155 Å². The van der Waals surface area contributed by atoms with Crippen LogP contribution in [0.5, 0.6) is 0 Å². The van der Waals surface area contributed by atoms with Gasteiger partial charge in [0.2, 0.25) is 0 Å². The highest BCUT2D eigenvalue weighted by Gasteiger charge is 2.52. The quantitative estimate of drug-likeness (QED) is 0.501. The maximum atomic E-state index is 11.1. The van der Waals surface area contributed by atoms with Crippen molar-refractivity contribution in [2.45, 2.75) is 43.9 Å². The molecule has 1 aromatic heterocycles. The number of hydrogen-bond donors (Lipinski definition) is 0. The Hall–Kier alpha value is -1.46. The Morgan fingerprint density at radius 1 is 1.16 bits per heavy atom. The van der Waals surface area contributed by atoms with Crippen molar-refractivity contribution in [3.8, 4) is 10.6 Å². The van der Waals surface area contributed by atoms with Crippen LogP contribution in [0.3, 0.4) is 0 Å². The van der Waals surface area contributed by atoms with Gasteiger partial charge in [0.25, 0.3) is 5.69 Å². The number of nitro groups is 1. The Balaban J connectivity index is 1.50. The van der Waals surface area contributed by atoms with Crippen LogP contribution in [0.25, 0.3) is 10.6 Å². The molecule has 0 unspecified atom stereocenters. The highest BCUT2D eigenvalue weighted by Crippen LogP contribution is 2.60. The minimum atomic E-state index is -0.431. The largest absolute Gasteiger partial charge is 0.288 e. The predicted molar refractivity (Wildman–Crippen MR) is 99.1 cm³/mol. The maximum absolute atomic E-state index is 11.1. The molecule has 0 atom stereocenters. The van der Waals surface area contributed by atoms with Crippen molar-refractivity contribution in [2.24, 2.45) is 17.8 Å². The molecule has 130 valence electrons. The lowest BCUT2D eigenvalue weighted by Gasteiger charge is -2.56. The average molecular weight is 375 g/mol. The Morgan fingerprint density at radius 3 is 2.40 bits per heavy atom. The minimum Gasteiger partial charge on any atom is -0.258 e. The molecule has 0 N–H and O–H groups in total. The summed E-state index contributed by atoms with van der Waals surface area (Å²) in [4.78, 5) is 15.7. The van der Waals surface area contributed by atoms with Gasteiger partial charge in [-0.1, -0.05) is 11.6 Å². The average Bonchev–Trinajstić information content (AvgIpc) is 3.04. The second-order valence-corrected chi connectivity index (χ2v) is 9.42. The lowest BCUT2D eigenvalue weighted by Crippen LogP contribution is -2.48. The fourth-order valence-electron chi connectivity index (χ4n) is 5.86. The van der Waals surface area contributed by atoms with Crippen molar-refractivity contribution < 1.29 is 4.92 Å². The third kappa shape index (κ3) is 2.51. The molecule has 1 aromatic carbocycles. The van der Waals surface area contributed by atoms with Crippen LogP contribution in [0.1, 0.15) is 44.2 Å². The summed E-state index contributed by atoms with van der Waals surface area (Å²) in [6.07, 6.45) is 8.09. The van der Waals surface area contributed by atoms with Gasteiger partial charge in [-0.2, -0.15) is 0 Å². The summed E-state index contributed by atoms with van der Waals surface area (Å²) in [5.41, 5.74) is 2.23. The molecule has 2 aromatic rings. The first-order valence-corrected chi connectivity index (χ1v) is 10.2. The molecular formula is C19H19ClN2O2S. The molecule has 4 saturated carbocycles. The standard InChI is InChI=1S/C19H19ClN2O2S/c20-15-2-1-14(6-16(15)22(23)24)18-21-17(10-25-18)19-7-11-3-12(8-19)5-13(4-11)9-19/h1-2,6,10-13H,3-5,7-9H2. The van der Waals surface area contributed by atoms with Crippen LogP contribution >= 0.6 is 22.9 Å². The molecule has 0 saturated heterocycles. The van der Waals surface area contributed by atoms with Crippen molar-refractivity contribution in [1.29, 1.82) is 0 Å².